The summed E-state index contributed by atoms with van der Waals surface area (Å²) in [6.07, 6.45) is 2.67. The molecule has 1 aliphatic heterocycles. The van der Waals surface area contributed by atoms with Crippen LogP contribution in [0.4, 0.5) is 0 Å². The summed E-state index contributed by atoms with van der Waals surface area (Å²) in [7, 11) is -7.18. The van der Waals surface area contributed by atoms with E-state index in [1.165, 1.54) is 47.0 Å². The van der Waals surface area contributed by atoms with Gasteiger partial charge in [0, 0.05) is 5.75 Å². The molecule has 1 aliphatic rings. The van der Waals surface area contributed by atoms with Crippen LogP contribution in [-0.4, -0.2) is 49.7 Å². The van der Waals surface area contributed by atoms with E-state index in [4.69, 9.17) is 18.1 Å². The van der Waals surface area contributed by atoms with Gasteiger partial charge in [0.1, 0.15) is 0 Å². The predicted molar refractivity (Wildman–Crippen MR) is 133 cm³/mol. The summed E-state index contributed by atoms with van der Waals surface area (Å²) in [5.41, 5.74) is 0. The van der Waals surface area contributed by atoms with Crippen molar-refractivity contribution in [2.24, 2.45) is 0 Å². The van der Waals surface area contributed by atoms with Crippen molar-refractivity contribution in [3.05, 3.63) is 0 Å². The maximum atomic E-state index is 14.1. The molecule has 0 aliphatic carbocycles. The van der Waals surface area contributed by atoms with Crippen molar-refractivity contribution in [2.75, 3.05) is 18.3 Å². The Labute approximate surface area is 193 Å². The Bertz CT molecular complexity index is 553. The van der Waals surface area contributed by atoms with Crippen LogP contribution in [0.2, 0.25) is 0 Å². The maximum Gasteiger partial charge on any atom is 0.367 e. The molecule has 2 unspecified atom stereocenters. The lowest BCUT2D eigenvalue weighted by Crippen LogP contribution is -2.28. The Balaban J connectivity index is 3.49. The molecule has 2 atom stereocenters. The summed E-state index contributed by atoms with van der Waals surface area (Å²) >= 11 is 5.64. The number of rotatable bonds is 12. The maximum absolute atomic E-state index is 14.1. The van der Waals surface area contributed by atoms with Crippen LogP contribution in [0.25, 0.3) is 0 Å². The Morgan fingerprint density at radius 3 is 1.41 bits per heavy atom. The standard InChI is InChI=1S/C17H36O6P2S4/c1-12(2)20-24(18,21-13(3)4)16(26-9)11-28-17(27-10,29-16)25(19,22-14(5)6)23-15(7)8/h12-15H,11H2,1-10H3. The molecule has 0 amide bonds. The Morgan fingerprint density at radius 2 is 1.10 bits per heavy atom. The molecule has 0 bridgehead atoms. The van der Waals surface area contributed by atoms with Gasteiger partial charge in [-0.25, -0.2) is 0 Å². The normalized spacial score (nSPS) is 26.4. The minimum Gasteiger partial charge on any atom is -0.304 e. The molecule has 0 N–H and O–H groups in total. The third kappa shape index (κ3) is 6.61. The molecule has 1 heterocycles. The smallest absolute Gasteiger partial charge is 0.304 e. The van der Waals surface area contributed by atoms with Crippen molar-refractivity contribution in [3.63, 3.8) is 0 Å². The second kappa shape index (κ2) is 11.2. The van der Waals surface area contributed by atoms with Gasteiger partial charge in [0.15, 0.2) is 3.82 Å². The molecule has 0 saturated carbocycles. The lowest BCUT2D eigenvalue weighted by Gasteiger charge is -2.39. The molecule has 0 spiro atoms. The van der Waals surface area contributed by atoms with Gasteiger partial charge in [0.05, 0.1) is 24.4 Å². The molecule has 174 valence electrons. The van der Waals surface area contributed by atoms with Crippen molar-refractivity contribution >= 4 is 62.2 Å². The van der Waals surface area contributed by atoms with Gasteiger partial charge in [-0.15, -0.1) is 35.3 Å². The molecule has 0 aromatic rings. The highest BCUT2D eigenvalue weighted by atomic mass is 32.3. The highest BCUT2D eigenvalue weighted by Crippen LogP contribution is 2.87. The van der Waals surface area contributed by atoms with Crippen molar-refractivity contribution < 1.29 is 27.2 Å². The minimum atomic E-state index is -3.60. The summed E-state index contributed by atoms with van der Waals surface area (Å²) < 4.78 is 50.0. The monoisotopic (exact) mass is 526 g/mol. The topological polar surface area (TPSA) is 71.1 Å². The first-order valence-corrected chi connectivity index (χ1v) is 16.9. The van der Waals surface area contributed by atoms with Crippen LogP contribution in [0.3, 0.4) is 0 Å². The van der Waals surface area contributed by atoms with Crippen LogP contribution >= 0.6 is 62.2 Å². The molecule has 1 rings (SSSR count). The zero-order valence-corrected chi connectivity index (χ0v) is 24.0. The molecule has 0 aromatic heterocycles. The van der Waals surface area contributed by atoms with E-state index in [9.17, 15) is 9.13 Å². The van der Waals surface area contributed by atoms with E-state index in [1.807, 2.05) is 67.9 Å². The fraction of sp³-hybridized carbons (Fsp3) is 1.00. The van der Waals surface area contributed by atoms with Gasteiger partial charge in [-0.05, 0) is 67.9 Å². The lowest BCUT2D eigenvalue weighted by atomic mass is 10.5. The van der Waals surface area contributed by atoms with Crippen LogP contribution in [0, 0.1) is 0 Å². The first-order chi connectivity index (χ1) is 13.2. The van der Waals surface area contributed by atoms with E-state index < -0.39 is 22.2 Å². The van der Waals surface area contributed by atoms with Crippen LogP contribution in [-0.2, 0) is 27.2 Å². The van der Waals surface area contributed by atoms with E-state index in [1.54, 1.807) is 0 Å². The largest absolute Gasteiger partial charge is 0.367 e. The van der Waals surface area contributed by atoms with E-state index in [0.717, 1.165) is 0 Å². The fourth-order valence-electron chi connectivity index (χ4n) is 2.59. The van der Waals surface area contributed by atoms with E-state index >= 15 is 0 Å². The van der Waals surface area contributed by atoms with E-state index in [2.05, 4.69) is 0 Å². The van der Waals surface area contributed by atoms with E-state index in [-0.39, 0.29) is 24.4 Å². The van der Waals surface area contributed by atoms with Gasteiger partial charge in [-0.2, -0.15) is 0 Å². The Morgan fingerprint density at radius 1 is 0.724 bits per heavy atom. The van der Waals surface area contributed by atoms with Crippen molar-refractivity contribution in [2.45, 2.75) is 86.8 Å². The van der Waals surface area contributed by atoms with Gasteiger partial charge in [0.2, 0.25) is 3.15 Å². The average molecular weight is 527 g/mol. The molecular weight excluding hydrogens is 490 g/mol. The summed E-state index contributed by atoms with van der Waals surface area (Å²) in [5, 5.41) is 0. The average Bonchev–Trinajstić information content (AvgIpc) is 2.94. The zero-order chi connectivity index (χ0) is 22.7. The van der Waals surface area contributed by atoms with Gasteiger partial charge < -0.3 is 18.1 Å². The first-order valence-electron chi connectivity index (χ1n) is 9.58. The quantitative estimate of drug-likeness (QED) is 0.238. The van der Waals surface area contributed by atoms with Gasteiger partial charge >= 0.3 is 15.2 Å². The molecular formula is C17H36O6P2S4. The zero-order valence-electron chi connectivity index (χ0n) is 19.0. The summed E-state index contributed by atoms with van der Waals surface area (Å²) in [6.45, 7) is 14.7. The highest BCUT2D eigenvalue weighted by molar-refractivity contribution is 8.47. The van der Waals surface area contributed by atoms with Crippen LogP contribution in [0.1, 0.15) is 55.4 Å². The SMILES string of the molecule is CSC1(P(=O)(OC(C)C)OC(C)C)CSC(SC)(P(=O)(OC(C)C)OC(C)C)S1. The second-order valence-corrected chi connectivity index (χ2v) is 19.3. The van der Waals surface area contributed by atoms with Crippen molar-refractivity contribution in [1.82, 2.24) is 0 Å². The third-order valence-corrected chi connectivity index (χ3v) is 19.8. The number of thioether (sulfide) groups is 4. The summed E-state index contributed by atoms with van der Waals surface area (Å²) in [6, 6.07) is 0. The molecule has 1 fully saturated rings. The van der Waals surface area contributed by atoms with Gasteiger partial charge in [-0.1, -0.05) is 11.8 Å². The Kier molecular flexibility index (Phi) is 11.1. The molecule has 6 nitrogen and oxygen atoms in total. The van der Waals surface area contributed by atoms with E-state index in [0.29, 0.717) is 5.75 Å². The van der Waals surface area contributed by atoms with Gasteiger partial charge in [0.25, 0.3) is 0 Å². The second-order valence-electron chi connectivity index (χ2n) is 7.65. The van der Waals surface area contributed by atoms with Crippen molar-refractivity contribution in [1.29, 1.82) is 0 Å². The first kappa shape index (κ1) is 28.7. The van der Waals surface area contributed by atoms with Crippen LogP contribution in [0.5, 0.6) is 0 Å². The summed E-state index contributed by atoms with van der Waals surface area (Å²) in [5.74, 6) is 0.434. The molecule has 29 heavy (non-hydrogen) atoms. The molecule has 12 heteroatoms. The number of hydrogen-bond acceptors (Lipinski definition) is 10. The molecule has 0 radical (unpaired) electrons. The summed E-state index contributed by atoms with van der Waals surface area (Å²) in [4.78, 5) is 0. The molecule has 1 saturated heterocycles. The van der Waals surface area contributed by atoms with Crippen LogP contribution < -0.4 is 0 Å². The van der Waals surface area contributed by atoms with Gasteiger partial charge in [-0.3, -0.25) is 9.13 Å². The molecule has 0 aromatic carbocycles. The third-order valence-electron chi connectivity index (χ3n) is 3.45. The Hall–Kier alpha value is 1.70. The predicted octanol–water partition coefficient (Wildman–Crippen LogP) is 7.54. The fourth-order valence-corrected chi connectivity index (χ4v) is 17.9. The van der Waals surface area contributed by atoms with Crippen molar-refractivity contribution in [3.8, 4) is 0 Å². The van der Waals surface area contributed by atoms with Crippen LogP contribution in [0.15, 0.2) is 0 Å². The number of hydrogen-bond donors (Lipinski definition) is 0. The highest BCUT2D eigenvalue weighted by Gasteiger charge is 2.68. The lowest BCUT2D eigenvalue weighted by molar-refractivity contribution is 0.140. The minimum absolute atomic E-state index is 0.274.